The molecular weight excluding hydrogens is 512 g/mol. The Balaban J connectivity index is 1.81. The third-order valence-corrected chi connectivity index (χ3v) is 7.13. The van der Waals surface area contributed by atoms with Gasteiger partial charge in [0.1, 0.15) is 5.82 Å². The molecule has 0 saturated carbocycles. The van der Waals surface area contributed by atoms with E-state index in [0.29, 0.717) is 10.2 Å². The number of benzene rings is 3. The van der Waals surface area contributed by atoms with Crippen LogP contribution in [-0.4, -0.2) is 28.5 Å². The van der Waals surface area contributed by atoms with Gasteiger partial charge in [-0.1, -0.05) is 35.9 Å². The largest absolute Gasteiger partial charge is 0.416 e. The zero-order chi connectivity index (χ0) is 25.5. The van der Waals surface area contributed by atoms with E-state index in [2.05, 4.69) is 5.10 Å². The predicted octanol–water partition coefficient (Wildman–Crippen LogP) is 5.00. The zero-order valence-corrected chi connectivity index (χ0v) is 19.1. The summed E-state index contributed by atoms with van der Waals surface area (Å²) in [7, 11) is -4.62. The fourth-order valence-corrected chi connectivity index (χ4v) is 5.19. The summed E-state index contributed by atoms with van der Waals surface area (Å²) in [6, 6.07) is 11.1. The van der Waals surface area contributed by atoms with Crippen molar-refractivity contribution in [3.63, 3.8) is 0 Å². The number of alkyl halides is 3. The third-order valence-electron chi connectivity index (χ3n) is 5.23. The van der Waals surface area contributed by atoms with Gasteiger partial charge in [0, 0.05) is 11.8 Å². The molecule has 0 aliphatic heterocycles. The van der Waals surface area contributed by atoms with Crippen LogP contribution in [0.3, 0.4) is 0 Å². The maximum absolute atomic E-state index is 14.1. The average molecular weight is 527 g/mol. The predicted molar refractivity (Wildman–Crippen MR) is 119 cm³/mol. The number of carbonyl (C=O) groups excluding carboxylic acids is 1. The van der Waals surface area contributed by atoms with Crippen LogP contribution in [0.2, 0.25) is 5.02 Å². The summed E-state index contributed by atoms with van der Waals surface area (Å²) in [6.45, 7) is -0.648. The van der Waals surface area contributed by atoms with E-state index in [-0.39, 0.29) is 39.2 Å². The van der Waals surface area contributed by atoms with E-state index in [1.54, 1.807) is 0 Å². The van der Waals surface area contributed by atoms with E-state index in [9.17, 15) is 35.9 Å². The van der Waals surface area contributed by atoms with Crippen LogP contribution in [0.5, 0.6) is 0 Å². The molecule has 0 aliphatic rings. The molecule has 35 heavy (non-hydrogen) atoms. The Hall–Kier alpha value is -3.28. The van der Waals surface area contributed by atoms with E-state index >= 15 is 0 Å². The molecule has 0 bridgehead atoms. The number of hydrogen-bond acceptors (Lipinski definition) is 5. The van der Waals surface area contributed by atoms with Gasteiger partial charge in [0.15, 0.2) is 5.78 Å². The minimum atomic E-state index is -4.77. The van der Waals surface area contributed by atoms with Crippen molar-refractivity contribution in [3.05, 3.63) is 93.9 Å². The molecule has 4 rings (SSSR count). The van der Waals surface area contributed by atoms with Crippen molar-refractivity contribution < 1.29 is 35.9 Å². The minimum Gasteiger partial charge on any atom is -0.390 e. The topological polar surface area (TPSA) is 89.3 Å². The summed E-state index contributed by atoms with van der Waals surface area (Å²) < 4.78 is 80.4. The second-order valence-electron chi connectivity index (χ2n) is 7.53. The molecule has 182 valence electrons. The highest BCUT2D eigenvalue weighted by Crippen LogP contribution is 2.32. The second-order valence-corrected chi connectivity index (χ2v) is 9.70. The fraction of sp³-hybridized carbons (Fsp3) is 0.130. The lowest BCUT2D eigenvalue weighted by Gasteiger charge is -2.10. The molecule has 3 aromatic carbocycles. The summed E-state index contributed by atoms with van der Waals surface area (Å²) >= 11 is 5.94. The normalized spacial score (nSPS) is 12.3. The van der Waals surface area contributed by atoms with Gasteiger partial charge in [-0.05, 0) is 42.0 Å². The summed E-state index contributed by atoms with van der Waals surface area (Å²) in [5.74, 6) is -1.48. The molecule has 0 aliphatic carbocycles. The van der Waals surface area contributed by atoms with Crippen LogP contribution in [-0.2, 0) is 29.2 Å². The first-order valence-corrected chi connectivity index (χ1v) is 11.8. The number of aromatic nitrogens is 2. The van der Waals surface area contributed by atoms with Crippen molar-refractivity contribution in [2.45, 2.75) is 24.1 Å². The van der Waals surface area contributed by atoms with Crippen LogP contribution < -0.4 is 0 Å². The molecule has 0 spiro atoms. The van der Waals surface area contributed by atoms with Crippen LogP contribution in [0.4, 0.5) is 17.6 Å². The molecule has 0 radical (unpaired) electrons. The Labute approximate surface area is 201 Å². The van der Waals surface area contributed by atoms with Gasteiger partial charge < -0.3 is 5.11 Å². The Kier molecular flexibility index (Phi) is 6.43. The molecule has 0 unspecified atom stereocenters. The average Bonchev–Trinajstić information content (AvgIpc) is 3.17. The van der Waals surface area contributed by atoms with Crippen LogP contribution >= 0.6 is 11.6 Å². The van der Waals surface area contributed by atoms with E-state index < -0.39 is 44.9 Å². The summed E-state index contributed by atoms with van der Waals surface area (Å²) in [6.07, 6.45) is -5.12. The molecule has 0 atom stereocenters. The first-order chi connectivity index (χ1) is 16.4. The van der Waals surface area contributed by atoms with E-state index in [1.165, 1.54) is 30.3 Å². The monoisotopic (exact) mass is 526 g/mol. The van der Waals surface area contributed by atoms with Gasteiger partial charge in [-0.25, -0.2) is 4.39 Å². The van der Waals surface area contributed by atoms with Crippen LogP contribution in [0.1, 0.15) is 27.2 Å². The maximum atomic E-state index is 14.1. The smallest absolute Gasteiger partial charge is 0.390 e. The maximum Gasteiger partial charge on any atom is 0.416 e. The number of ketones is 1. The fourth-order valence-electron chi connectivity index (χ4n) is 3.58. The third kappa shape index (κ3) is 4.66. The Morgan fingerprint density at radius 3 is 2.43 bits per heavy atom. The number of rotatable bonds is 6. The zero-order valence-electron chi connectivity index (χ0n) is 17.6. The Morgan fingerprint density at radius 2 is 1.77 bits per heavy atom. The van der Waals surface area contributed by atoms with Crippen molar-refractivity contribution >= 4 is 38.3 Å². The van der Waals surface area contributed by atoms with Crippen molar-refractivity contribution in [2.24, 2.45) is 0 Å². The van der Waals surface area contributed by atoms with Crippen LogP contribution in [0.15, 0.2) is 65.6 Å². The molecule has 6 nitrogen and oxygen atoms in total. The minimum absolute atomic E-state index is 0.0365. The molecule has 0 amide bonds. The number of nitrogens with zero attached hydrogens (tertiary/aromatic N) is 2. The molecular formula is C23H15ClF4N2O4S. The van der Waals surface area contributed by atoms with Gasteiger partial charge in [0.05, 0.1) is 38.9 Å². The standard InChI is InChI=1S/C23H15ClF4N2O4S/c24-17-5-2-6-18(25)22(17)21(32)10-13-7-8-16-19(12-31)29-30(20(16)9-13)35(33,34)15-4-1-3-14(11-15)23(26,27)28/h1-9,11,31H,10,12H2. The number of Topliss-reactive ketones (excluding diaryl/α,β-unsaturated/α-hetero) is 1. The molecule has 1 N–H and O–H groups in total. The van der Waals surface area contributed by atoms with Crippen molar-refractivity contribution in [2.75, 3.05) is 0 Å². The first kappa shape index (κ1) is 24.8. The lowest BCUT2D eigenvalue weighted by atomic mass is 10.0. The second kappa shape index (κ2) is 9.06. The number of carbonyl (C=O) groups is 1. The van der Waals surface area contributed by atoms with Crippen molar-refractivity contribution in [1.82, 2.24) is 9.19 Å². The van der Waals surface area contributed by atoms with E-state index in [4.69, 9.17) is 11.6 Å². The number of aliphatic hydroxyl groups is 1. The van der Waals surface area contributed by atoms with E-state index in [0.717, 1.165) is 24.3 Å². The SMILES string of the molecule is O=C(Cc1ccc2c(CO)nn(S(=O)(=O)c3cccc(C(F)(F)F)c3)c2c1)c1c(F)cccc1Cl. The molecule has 1 aromatic heterocycles. The lowest BCUT2D eigenvalue weighted by molar-refractivity contribution is -0.137. The summed E-state index contributed by atoms with van der Waals surface area (Å²) in [4.78, 5) is 12.0. The van der Waals surface area contributed by atoms with Crippen LogP contribution in [0.25, 0.3) is 10.9 Å². The summed E-state index contributed by atoms with van der Waals surface area (Å²) in [5, 5.41) is 13.6. The molecule has 4 aromatic rings. The Bertz CT molecular complexity index is 1550. The quantitative estimate of drug-likeness (QED) is 0.282. The van der Waals surface area contributed by atoms with Crippen LogP contribution in [0, 0.1) is 5.82 Å². The van der Waals surface area contributed by atoms with Gasteiger partial charge in [0.25, 0.3) is 10.0 Å². The number of halogens is 5. The lowest BCUT2D eigenvalue weighted by Crippen LogP contribution is -2.16. The summed E-state index contributed by atoms with van der Waals surface area (Å²) in [5.41, 5.74) is -1.32. The first-order valence-electron chi connectivity index (χ1n) is 9.95. The molecule has 0 saturated heterocycles. The van der Waals surface area contributed by atoms with Crippen molar-refractivity contribution in [1.29, 1.82) is 0 Å². The van der Waals surface area contributed by atoms with Gasteiger partial charge >= 0.3 is 6.18 Å². The number of aliphatic hydroxyl groups excluding tert-OH is 1. The number of fused-ring (bicyclic) bond motifs is 1. The van der Waals surface area contributed by atoms with Gasteiger partial charge in [-0.3, -0.25) is 4.79 Å². The molecule has 0 fully saturated rings. The molecule has 12 heteroatoms. The van der Waals surface area contributed by atoms with Gasteiger partial charge in [0.2, 0.25) is 0 Å². The Morgan fingerprint density at radius 1 is 1.06 bits per heavy atom. The highest BCUT2D eigenvalue weighted by atomic mass is 35.5. The van der Waals surface area contributed by atoms with Crippen molar-refractivity contribution in [3.8, 4) is 0 Å². The number of hydrogen-bond donors (Lipinski definition) is 1. The van der Waals surface area contributed by atoms with Gasteiger partial charge in [-0.2, -0.15) is 30.8 Å². The highest BCUT2D eigenvalue weighted by Gasteiger charge is 2.32. The van der Waals surface area contributed by atoms with Gasteiger partial charge in [-0.15, -0.1) is 0 Å². The van der Waals surface area contributed by atoms with E-state index in [1.807, 2.05) is 0 Å². The highest BCUT2D eigenvalue weighted by molar-refractivity contribution is 7.90. The molecule has 1 heterocycles.